The first-order chi connectivity index (χ1) is 16.7. The topological polar surface area (TPSA) is 112 Å². The summed E-state index contributed by atoms with van der Waals surface area (Å²) < 4.78 is 0. The molecule has 3 heterocycles. The molecule has 3 rings (SSSR count). The Morgan fingerprint density at radius 3 is 2.54 bits per heavy atom. The number of carbonyl (C=O) groups excluding carboxylic acids is 1. The Kier molecular flexibility index (Phi) is 11.0. The Morgan fingerprint density at radius 1 is 1.20 bits per heavy atom. The molecule has 202 valence electrons. The van der Waals surface area contributed by atoms with Crippen LogP contribution in [0.15, 0.2) is 11.8 Å². The average molecular weight is 533 g/mol. The minimum atomic E-state index is -0.773. The molecule has 10 heteroatoms. The Hall–Kier alpha value is -0.610. The van der Waals surface area contributed by atoms with Gasteiger partial charge in [-0.1, -0.05) is 26.7 Å². The predicted molar refractivity (Wildman–Crippen MR) is 145 cm³/mol. The first-order valence-corrected chi connectivity index (χ1v) is 14.3. The maximum Gasteiger partial charge on any atom is 0.228 e. The van der Waals surface area contributed by atoms with Crippen molar-refractivity contribution >= 4 is 29.1 Å². The van der Waals surface area contributed by atoms with E-state index in [1.54, 1.807) is 0 Å². The summed E-state index contributed by atoms with van der Waals surface area (Å²) in [6.45, 7) is 9.49. The smallest absolute Gasteiger partial charge is 0.228 e. The molecule has 35 heavy (non-hydrogen) atoms. The molecule has 3 aliphatic heterocycles. The van der Waals surface area contributed by atoms with Crippen molar-refractivity contribution in [1.82, 2.24) is 25.8 Å². The van der Waals surface area contributed by atoms with Gasteiger partial charge in [-0.05, 0) is 44.2 Å². The molecule has 2 fully saturated rings. The van der Waals surface area contributed by atoms with Crippen molar-refractivity contribution in [2.24, 2.45) is 22.8 Å². The number of piperazine rings is 1. The zero-order chi connectivity index (χ0) is 25.6. The Bertz CT molecular complexity index is 716. The van der Waals surface area contributed by atoms with Crippen molar-refractivity contribution in [3.63, 3.8) is 0 Å². The lowest BCUT2D eigenvalue weighted by molar-refractivity contribution is -0.127. The van der Waals surface area contributed by atoms with Gasteiger partial charge in [0.1, 0.15) is 5.50 Å². The molecule has 6 unspecified atom stereocenters. The molecule has 3 aliphatic rings. The molecule has 0 aromatic rings. The van der Waals surface area contributed by atoms with Crippen LogP contribution in [0.4, 0.5) is 0 Å². The van der Waals surface area contributed by atoms with Crippen LogP contribution in [-0.2, 0) is 4.79 Å². The number of alkyl halides is 2. The second-order valence-electron chi connectivity index (χ2n) is 10.8. The number of likely N-dealkylation sites (N-methyl/N-ethyl adjacent to an activating group) is 1. The van der Waals surface area contributed by atoms with Crippen LogP contribution in [0.2, 0.25) is 0 Å². The lowest BCUT2D eigenvalue weighted by Crippen LogP contribution is -2.61. The molecule has 0 bridgehead atoms. The first-order valence-electron chi connectivity index (χ1n) is 13.4. The number of carbonyl (C=O) groups is 1. The van der Waals surface area contributed by atoms with Crippen LogP contribution in [0.5, 0.6) is 0 Å². The molecule has 8 nitrogen and oxygen atoms in total. The number of amides is 1. The van der Waals surface area contributed by atoms with Gasteiger partial charge < -0.3 is 31.9 Å². The molecule has 7 N–H and O–H groups in total. The van der Waals surface area contributed by atoms with Crippen molar-refractivity contribution < 1.29 is 4.79 Å². The SMILES string of the molecule is CCCC1(CC)CCC(Cl)CNC(C(C(=O)NC2CNC(Cl)C=C2N2CCN(C)CC2)C(N)N)C1. The van der Waals surface area contributed by atoms with Crippen molar-refractivity contribution in [3.8, 4) is 0 Å². The summed E-state index contributed by atoms with van der Waals surface area (Å²) in [5, 5.41) is 10.2. The third-order valence-corrected chi connectivity index (χ3v) is 8.95. The fourth-order valence-corrected chi connectivity index (χ4v) is 6.48. The summed E-state index contributed by atoms with van der Waals surface area (Å²) >= 11 is 13.0. The van der Waals surface area contributed by atoms with Gasteiger partial charge in [0.05, 0.1) is 18.1 Å². The number of rotatable bonds is 8. The standard InChI is InChI=1S/C25H47Cl2N7O/c1-4-7-25(5-2)8-6-17(26)15-30-18(14-25)22(23(28)29)24(35)32-19-16-31-21(27)13-20(19)34-11-9-33(3)10-12-34/h13,17-19,21-23,30-31H,4-12,14-16,28-29H2,1-3H3,(H,32,35). The van der Waals surface area contributed by atoms with Gasteiger partial charge in [-0.15, -0.1) is 23.2 Å². The number of nitrogens with two attached hydrogens (primary N) is 2. The molecule has 0 aromatic heterocycles. The normalized spacial score (nSPS) is 34.2. The summed E-state index contributed by atoms with van der Waals surface area (Å²) in [7, 11) is 2.13. The minimum Gasteiger partial charge on any atom is -0.371 e. The van der Waals surface area contributed by atoms with Crippen LogP contribution in [0.1, 0.15) is 52.4 Å². The largest absolute Gasteiger partial charge is 0.371 e. The van der Waals surface area contributed by atoms with Crippen LogP contribution in [0, 0.1) is 11.3 Å². The number of nitrogens with one attached hydrogen (secondary N) is 3. The van der Waals surface area contributed by atoms with Gasteiger partial charge in [0.15, 0.2) is 0 Å². The molecule has 0 saturated carbocycles. The van der Waals surface area contributed by atoms with Crippen LogP contribution >= 0.6 is 23.2 Å². The third-order valence-electron chi connectivity index (χ3n) is 8.30. The van der Waals surface area contributed by atoms with E-state index in [-0.39, 0.29) is 34.3 Å². The molecule has 2 saturated heterocycles. The van der Waals surface area contributed by atoms with Crippen LogP contribution in [0.3, 0.4) is 0 Å². The van der Waals surface area contributed by atoms with Crippen molar-refractivity contribution in [2.45, 2.75) is 81.5 Å². The van der Waals surface area contributed by atoms with E-state index < -0.39 is 12.1 Å². The van der Waals surface area contributed by atoms with Gasteiger partial charge in [0.2, 0.25) is 5.91 Å². The van der Waals surface area contributed by atoms with E-state index in [1.165, 1.54) is 0 Å². The summed E-state index contributed by atoms with van der Waals surface area (Å²) in [6, 6.07) is -0.306. The Morgan fingerprint density at radius 2 is 1.91 bits per heavy atom. The summed E-state index contributed by atoms with van der Waals surface area (Å²) in [6.07, 6.45) is 7.43. The molecule has 0 aromatic carbocycles. The lowest BCUT2D eigenvalue weighted by Gasteiger charge is -2.43. The van der Waals surface area contributed by atoms with E-state index in [0.29, 0.717) is 13.1 Å². The van der Waals surface area contributed by atoms with Crippen molar-refractivity contribution in [2.75, 3.05) is 46.3 Å². The molecular formula is C25H47Cl2N7O. The maximum atomic E-state index is 13.8. The third kappa shape index (κ3) is 7.69. The molecular weight excluding hydrogens is 485 g/mol. The van der Waals surface area contributed by atoms with Gasteiger partial charge in [-0.2, -0.15) is 0 Å². The summed E-state index contributed by atoms with van der Waals surface area (Å²) in [4.78, 5) is 18.4. The van der Waals surface area contributed by atoms with Crippen LogP contribution in [-0.4, -0.2) is 91.2 Å². The van der Waals surface area contributed by atoms with Crippen molar-refractivity contribution in [1.29, 1.82) is 0 Å². The highest BCUT2D eigenvalue weighted by molar-refractivity contribution is 6.21. The average Bonchev–Trinajstić information content (AvgIpc) is 2.81. The monoisotopic (exact) mass is 531 g/mol. The highest BCUT2D eigenvalue weighted by atomic mass is 35.5. The summed E-state index contributed by atoms with van der Waals surface area (Å²) in [5.41, 5.74) is 13.5. The van der Waals surface area contributed by atoms with Crippen molar-refractivity contribution in [3.05, 3.63) is 11.8 Å². The fraction of sp³-hybridized carbons (Fsp3) is 0.880. The van der Waals surface area contributed by atoms with Crippen LogP contribution in [0.25, 0.3) is 0 Å². The van der Waals surface area contributed by atoms with Gasteiger partial charge in [0, 0.05) is 56.4 Å². The molecule has 0 aliphatic carbocycles. The van der Waals surface area contributed by atoms with E-state index in [9.17, 15) is 4.79 Å². The number of nitrogens with zero attached hydrogens (tertiary/aromatic N) is 2. The zero-order valence-electron chi connectivity index (χ0n) is 21.7. The summed E-state index contributed by atoms with van der Waals surface area (Å²) in [5.74, 6) is -0.659. The molecule has 1 amide bonds. The Balaban J connectivity index is 1.79. The highest BCUT2D eigenvalue weighted by Crippen LogP contribution is 2.41. The lowest BCUT2D eigenvalue weighted by atomic mass is 9.69. The zero-order valence-corrected chi connectivity index (χ0v) is 23.3. The van der Waals surface area contributed by atoms with E-state index in [4.69, 9.17) is 34.7 Å². The highest BCUT2D eigenvalue weighted by Gasteiger charge is 2.41. The van der Waals surface area contributed by atoms with E-state index in [1.807, 2.05) is 6.08 Å². The first kappa shape index (κ1) is 29.0. The second kappa shape index (κ2) is 13.3. The Labute approximate surface area is 221 Å². The quantitative estimate of drug-likeness (QED) is 0.183. The van der Waals surface area contributed by atoms with E-state index in [0.717, 1.165) is 70.4 Å². The van der Waals surface area contributed by atoms with Gasteiger partial charge in [-0.3, -0.25) is 10.1 Å². The maximum absolute atomic E-state index is 13.8. The predicted octanol–water partition coefficient (Wildman–Crippen LogP) is 1.58. The number of hydrogen-bond acceptors (Lipinski definition) is 7. The second-order valence-corrected chi connectivity index (χ2v) is 11.9. The minimum absolute atomic E-state index is 0.0354. The van der Waals surface area contributed by atoms with E-state index >= 15 is 0 Å². The fourth-order valence-electron chi connectivity index (χ4n) is 6.06. The van der Waals surface area contributed by atoms with Gasteiger partial charge in [-0.25, -0.2) is 0 Å². The van der Waals surface area contributed by atoms with Crippen LogP contribution < -0.4 is 27.4 Å². The molecule has 0 spiro atoms. The van der Waals surface area contributed by atoms with Gasteiger partial charge in [0.25, 0.3) is 0 Å². The molecule has 6 atom stereocenters. The van der Waals surface area contributed by atoms with Gasteiger partial charge >= 0.3 is 0 Å². The molecule has 0 radical (unpaired) electrons. The van der Waals surface area contributed by atoms with E-state index in [2.05, 4.69) is 46.6 Å². The number of halogens is 2. The number of hydrogen-bond donors (Lipinski definition) is 5.